The van der Waals surface area contributed by atoms with Crippen molar-refractivity contribution in [3.05, 3.63) is 84.9 Å². The van der Waals surface area contributed by atoms with Crippen LogP contribution in [-0.4, -0.2) is 33.5 Å². The molecule has 0 fully saturated rings. The average molecular weight is 501 g/mol. The van der Waals surface area contributed by atoms with E-state index >= 15 is 0 Å². The summed E-state index contributed by atoms with van der Waals surface area (Å²) in [5, 5.41) is 9.76. The standard InChI is InChI=1S/C30H32N2O3S/c1-35-26-20-18-25(19-21-26)32-29(24-15-9-6-10-16-24)28(23-13-7-5-8-14-23)31-30(32)36-22-12-4-2-3-11-17-27(33)34/h5-10,13-16,18-21H,2-4,11-12,17,22H2,1H3,(H,33,34). The summed E-state index contributed by atoms with van der Waals surface area (Å²) in [4.78, 5) is 15.9. The minimum Gasteiger partial charge on any atom is -0.497 e. The van der Waals surface area contributed by atoms with Gasteiger partial charge in [-0.2, -0.15) is 0 Å². The number of benzene rings is 3. The Balaban J connectivity index is 1.64. The van der Waals surface area contributed by atoms with E-state index in [-0.39, 0.29) is 6.42 Å². The second-order valence-electron chi connectivity index (χ2n) is 8.62. The Morgan fingerprint density at radius 3 is 2.08 bits per heavy atom. The first-order valence-electron chi connectivity index (χ1n) is 12.4. The van der Waals surface area contributed by atoms with E-state index in [1.54, 1.807) is 18.9 Å². The van der Waals surface area contributed by atoms with Crippen LogP contribution in [0.3, 0.4) is 0 Å². The molecule has 36 heavy (non-hydrogen) atoms. The highest BCUT2D eigenvalue weighted by Crippen LogP contribution is 2.38. The highest BCUT2D eigenvalue weighted by Gasteiger charge is 2.21. The van der Waals surface area contributed by atoms with E-state index in [1.165, 1.54) is 0 Å². The number of aliphatic carboxylic acids is 1. The number of unbranched alkanes of at least 4 members (excludes halogenated alkanes) is 4. The lowest BCUT2D eigenvalue weighted by molar-refractivity contribution is -0.137. The van der Waals surface area contributed by atoms with Gasteiger partial charge in [0, 0.05) is 29.0 Å². The summed E-state index contributed by atoms with van der Waals surface area (Å²) >= 11 is 1.77. The number of carbonyl (C=O) groups is 1. The first-order chi connectivity index (χ1) is 17.7. The smallest absolute Gasteiger partial charge is 0.303 e. The first-order valence-corrected chi connectivity index (χ1v) is 13.4. The van der Waals surface area contributed by atoms with E-state index in [2.05, 4.69) is 53.1 Å². The molecule has 1 aromatic heterocycles. The lowest BCUT2D eigenvalue weighted by Crippen LogP contribution is -2.00. The third-order valence-electron chi connectivity index (χ3n) is 6.04. The van der Waals surface area contributed by atoms with Crippen LogP contribution in [0.2, 0.25) is 0 Å². The molecule has 0 unspecified atom stereocenters. The van der Waals surface area contributed by atoms with Crippen LogP contribution in [0.5, 0.6) is 5.75 Å². The summed E-state index contributed by atoms with van der Waals surface area (Å²) in [5.41, 5.74) is 5.28. The third kappa shape index (κ3) is 6.58. The van der Waals surface area contributed by atoms with E-state index in [0.717, 1.165) is 77.0 Å². The van der Waals surface area contributed by atoms with Crippen molar-refractivity contribution in [2.45, 2.75) is 43.7 Å². The number of carboxylic acid groups (broad SMARTS) is 1. The monoisotopic (exact) mass is 500 g/mol. The van der Waals surface area contributed by atoms with Crippen LogP contribution in [0.25, 0.3) is 28.2 Å². The van der Waals surface area contributed by atoms with Crippen LogP contribution < -0.4 is 4.74 Å². The highest BCUT2D eigenvalue weighted by atomic mass is 32.2. The zero-order valence-corrected chi connectivity index (χ0v) is 21.4. The van der Waals surface area contributed by atoms with Gasteiger partial charge in [0.1, 0.15) is 5.75 Å². The SMILES string of the molecule is COc1ccc(-n2c(SCCCCCCCC(=O)O)nc(-c3ccccc3)c2-c2ccccc2)cc1. The lowest BCUT2D eigenvalue weighted by Gasteiger charge is -2.14. The van der Waals surface area contributed by atoms with Gasteiger partial charge in [0.2, 0.25) is 0 Å². The Morgan fingerprint density at radius 1 is 0.833 bits per heavy atom. The van der Waals surface area contributed by atoms with Crippen molar-refractivity contribution >= 4 is 17.7 Å². The number of ether oxygens (including phenoxy) is 1. The van der Waals surface area contributed by atoms with E-state index in [9.17, 15) is 4.79 Å². The molecule has 0 spiro atoms. The summed E-state index contributed by atoms with van der Waals surface area (Å²) < 4.78 is 7.65. The minimum atomic E-state index is -0.709. The summed E-state index contributed by atoms with van der Waals surface area (Å²) in [6.07, 6.45) is 5.20. The molecule has 0 radical (unpaired) electrons. The molecule has 0 aliphatic carbocycles. The minimum absolute atomic E-state index is 0.262. The van der Waals surface area contributed by atoms with Crippen molar-refractivity contribution in [1.82, 2.24) is 9.55 Å². The molecule has 3 aromatic carbocycles. The number of hydrogen-bond acceptors (Lipinski definition) is 4. The quantitative estimate of drug-likeness (QED) is 0.150. The van der Waals surface area contributed by atoms with Crippen molar-refractivity contribution in [2.75, 3.05) is 12.9 Å². The molecule has 5 nitrogen and oxygen atoms in total. The van der Waals surface area contributed by atoms with Gasteiger partial charge in [0.25, 0.3) is 0 Å². The largest absolute Gasteiger partial charge is 0.497 e. The Kier molecular flexibility index (Phi) is 9.22. The van der Waals surface area contributed by atoms with Crippen molar-refractivity contribution in [2.24, 2.45) is 0 Å². The Morgan fingerprint density at radius 2 is 1.44 bits per heavy atom. The number of hydrogen-bond donors (Lipinski definition) is 1. The van der Waals surface area contributed by atoms with Gasteiger partial charge >= 0.3 is 5.97 Å². The Labute approximate surface area is 217 Å². The summed E-state index contributed by atoms with van der Waals surface area (Å²) in [6.45, 7) is 0. The molecule has 0 bridgehead atoms. The van der Waals surface area contributed by atoms with Crippen molar-refractivity contribution < 1.29 is 14.6 Å². The molecule has 0 amide bonds. The molecule has 0 atom stereocenters. The Hall–Kier alpha value is -3.51. The summed E-state index contributed by atoms with van der Waals surface area (Å²) in [5.74, 6) is 1.06. The lowest BCUT2D eigenvalue weighted by atomic mass is 10.0. The van der Waals surface area contributed by atoms with Gasteiger partial charge in [-0.15, -0.1) is 0 Å². The number of rotatable bonds is 13. The van der Waals surface area contributed by atoms with Gasteiger partial charge in [-0.1, -0.05) is 91.7 Å². The Bertz CT molecular complexity index is 1240. The van der Waals surface area contributed by atoms with Gasteiger partial charge in [0.15, 0.2) is 5.16 Å². The van der Waals surface area contributed by atoms with E-state index < -0.39 is 5.97 Å². The van der Waals surface area contributed by atoms with Gasteiger partial charge in [0.05, 0.1) is 18.5 Å². The molecule has 0 saturated heterocycles. The number of thioether (sulfide) groups is 1. The van der Waals surface area contributed by atoms with Gasteiger partial charge in [-0.25, -0.2) is 4.98 Å². The number of carboxylic acids is 1. The van der Waals surface area contributed by atoms with E-state index in [0.29, 0.717) is 0 Å². The van der Waals surface area contributed by atoms with Crippen molar-refractivity contribution in [1.29, 1.82) is 0 Å². The number of nitrogens with zero attached hydrogens (tertiary/aromatic N) is 2. The number of aromatic nitrogens is 2. The molecule has 0 saturated carbocycles. The molecule has 4 rings (SSSR count). The fourth-order valence-electron chi connectivity index (χ4n) is 4.20. The van der Waals surface area contributed by atoms with Gasteiger partial charge in [-0.3, -0.25) is 9.36 Å². The maximum atomic E-state index is 10.7. The normalized spacial score (nSPS) is 10.9. The molecule has 6 heteroatoms. The van der Waals surface area contributed by atoms with Crippen LogP contribution in [0, 0.1) is 0 Å². The van der Waals surface area contributed by atoms with E-state index in [4.69, 9.17) is 14.8 Å². The van der Waals surface area contributed by atoms with Crippen LogP contribution in [0.4, 0.5) is 0 Å². The molecular formula is C30H32N2O3S. The predicted octanol–water partition coefficient (Wildman–Crippen LogP) is 7.73. The zero-order valence-electron chi connectivity index (χ0n) is 20.6. The van der Waals surface area contributed by atoms with Gasteiger partial charge < -0.3 is 9.84 Å². The fraction of sp³-hybridized carbons (Fsp3) is 0.267. The number of imidazole rings is 1. The molecule has 1 heterocycles. The van der Waals surface area contributed by atoms with Gasteiger partial charge in [-0.05, 0) is 37.1 Å². The van der Waals surface area contributed by atoms with Crippen molar-refractivity contribution in [3.8, 4) is 34.0 Å². The topological polar surface area (TPSA) is 64.3 Å². The second-order valence-corrected chi connectivity index (χ2v) is 9.68. The van der Waals surface area contributed by atoms with Crippen LogP contribution in [0.1, 0.15) is 38.5 Å². The van der Waals surface area contributed by atoms with Crippen LogP contribution in [-0.2, 0) is 4.79 Å². The molecule has 1 N–H and O–H groups in total. The first kappa shape index (κ1) is 25.6. The maximum Gasteiger partial charge on any atom is 0.303 e. The number of methoxy groups -OCH3 is 1. The summed E-state index contributed by atoms with van der Waals surface area (Å²) in [7, 11) is 1.68. The zero-order chi connectivity index (χ0) is 25.2. The fourth-order valence-corrected chi connectivity index (χ4v) is 5.21. The second kappa shape index (κ2) is 13.0. The molecule has 186 valence electrons. The molecule has 0 aliphatic heterocycles. The predicted molar refractivity (Wildman–Crippen MR) is 147 cm³/mol. The molecule has 0 aliphatic rings. The maximum absolute atomic E-state index is 10.7. The summed E-state index contributed by atoms with van der Waals surface area (Å²) in [6, 6.07) is 28.9. The average Bonchev–Trinajstić information content (AvgIpc) is 3.30. The molecular weight excluding hydrogens is 468 g/mol. The van der Waals surface area contributed by atoms with E-state index in [1.807, 2.05) is 36.4 Å². The highest BCUT2D eigenvalue weighted by molar-refractivity contribution is 7.99. The van der Waals surface area contributed by atoms with Crippen LogP contribution in [0.15, 0.2) is 90.1 Å². The third-order valence-corrected chi connectivity index (χ3v) is 7.06. The molecule has 4 aromatic rings. The van der Waals surface area contributed by atoms with Crippen LogP contribution >= 0.6 is 11.8 Å². The van der Waals surface area contributed by atoms with Crippen molar-refractivity contribution in [3.63, 3.8) is 0 Å².